The van der Waals surface area contributed by atoms with Gasteiger partial charge in [0.1, 0.15) is 0 Å². The number of hydrogen-bond acceptors (Lipinski definition) is 3. The van der Waals surface area contributed by atoms with E-state index in [4.69, 9.17) is 0 Å². The fourth-order valence-electron chi connectivity index (χ4n) is 2.11. The molecule has 0 unspecified atom stereocenters. The van der Waals surface area contributed by atoms with Gasteiger partial charge >= 0.3 is 0 Å². The third-order valence-corrected chi connectivity index (χ3v) is 3.08. The number of carbonyl (C=O) groups is 3. The molecule has 0 spiro atoms. The minimum atomic E-state index is -0.250. The van der Waals surface area contributed by atoms with Crippen molar-refractivity contribution in [1.29, 1.82) is 0 Å². The summed E-state index contributed by atoms with van der Waals surface area (Å²) in [6.07, 6.45) is 0.346. The number of likely N-dealkylation sites (N-methyl/N-ethyl adjacent to an activating group) is 2. The maximum absolute atomic E-state index is 12.2. The first-order valence-electron chi connectivity index (χ1n) is 6.46. The number of nitrogens with zero attached hydrogens (tertiary/aromatic N) is 1. The fraction of sp³-hybridized carbons (Fsp3) is 0.357. The van der Waals surface area contributed by atoms with Crippen LogP contribution in [0.4, 0.5) is 5.69 Å². The van der Waals surface area contributed by atoms with E-state index in [2.05, 4.69) is 10.6 Å². The summed E-state index contributed by atoms with van der Waals surface area (Å²) < 4.78 is 0. The zero-order valence-electron chi connectivity index (χ0n) is 11.5. The predicted octanol–water partition coefficient (Wildman–Crippen LogP) is 0.389. The summed E-state index contributed by atoms with van der Waals surface area (Å²) in [6.45, 7) is 2.37. The van der Waals surface area contributed by atoms with Crippen LogP contribution in [0.1, 0.15) is 22.8 Å². The summed E-state index contributed by atoms with van der Waals surface area (Å²) >= 11 is 0. The highest BCUT2D eigenvalue weighted by Gasteiger charge is 2.21. The number of benzene rings is 1. The Kier molecular flexibility index (Phi) is 4.02. The molecular weight excluding hydrogens is 258 g/mol. The van der Waals surface area contributed by atoms with E-state index in [-0.39, 0.29) is 24.3 Å². The molecule has 0 atom stereocenters. The molecule has 0 aliphatic carbocycles. The third-order valence-electron chi connectivity index (χ3n) is 3.08. The second-order valence-electron chi connectivity index (χ2n) is 4.71. The largest absolute Gasteiger partial charge is 0.355 e. The lowest BCUT2D eigenvalue weighted by molar-refractivity contribution is -0.121. The zero-order valence-corrected chi connectivity index (χ0v) is 11.5. The standard InChI is InChI=1S/C14H17N3O3/c1-3-15-13(19)8-17(2)14(20)10-5-4-9-7-12(18)16-11(9)6-10/h4-6H,3,7-8H2,1-2H3,(H,15,19)(H,16,18). The van der Waals surface area contributed by atoms with Gasteiger partial charge < -0.3 is 15.5 Å². The minimum absolute atomic E-state index is 0.0100. The topological polar surface area (TPSA) is 78.5 Å². The molecule has 1 heterocycles. The van der Waals surface area contributed by atoms with Crippen molar-refractivity contribution >= 4 is 23.4 Å². The number of hydrogen-bond donors (Lipinski definition) is 2. The van der Waals surface area contributed by atoms with Crippen LogP contribution in [-0.4, -0.2) is 42.8 Å². The van der Waals surface area contributed by atoms with Crippen molar-refractivity contribution in [3.8, 4) is 0 Å². The van der Waals surface area contributed by atoms with Gasteiger partial charge in [0.25, 0.3) is 5.91 Å². The van der Waals surface area contributed by atoms with Gasteiger partial charge in [-0.15, -0.1) is 0 Å². The van der Waals surface area contributed by atoms with Gasteiger partial charge in [-0.25, -0.2) is 0 Å². The molecule has 0 saturated carbocycles. The molecule has 2 rings (SSSR count). The van der Waals surface area contributed by atoms with E-state index in [9.17, 15) is 14.4 Å². The lowest BCUT2D eigenvalue weighted by Gasteiger charge is -2.17. The summed E-state index contributed by atoms with van der Waals surface area (Å²) in [5, 5.41) is 5.34. The minimum Gasteiger partial charge on any atom is -0.355 e. The summed E-state index contributed by atoms with van der Waals surface area (Å²) in [7, 11) is 1.57. The molecule has 0 fully saturated rings. The quantitative estimate of drug-likeness (QED) is 0.834. The van der Waals surface area contributed by atoms with Gasteiger partial charge in [0, 0.05) is 24.8 Å². The smallest absolute Gasteiger partial charge is 0.254 e. The summed E-state index contributed by atoms with van der Waals surface area (Å²) in [4.78, 5) is 36.3. The Balaban J connectivity index is 2.08. The van der Waals surface area contributed by atoms with Crippen LogP contribution in [0, 0.1) is 0 Å². The van der Waals surface area contributed by atoms with Crippen LogP contribution >= 0.6 is 0 Å². The van der Waals surface area contributed by atoms with Crippen LogP contribution < -0.4 is 10.6 Å². The monoisotopic (exact) mass is 275 g/mol. The highest BCUT2D eigenvalue weighted by molar-refractivity contribution is 6.02. The number of nitrogens with one attached hydrogen (secondary N) is 2. The first-order chi connectivity index (χ1) is 9.51. The number of anilines is 1. The van der Waals surface area contributed by atoms with Gasteiger partial charge in [-0.1, -0.05) is 6.07 Å². The molecule has 1 aromatic carbocycles. The van der Waals surface area contributed by atoms with Crippen LogP contribution in [-0.2, 0) is 16.0 Å². The van der Waals surface area contributed by atoms with E-state index in [1.54, 1.807) is 25.2 Å². The van der Waals surface area contributed by atoms with Crippen molar-refractivity contribution in [2.24, 2.45) is 0 Å². The van der Waals surface area contributed by atoms with Gasteiger partial charge in [0.15, 0.2) is 0 Å². The van der Waals surface area contributed by atoms with E-state index in [1.165, 1.54) is 4.90 Å². The van der Waals surface area contributed by atoms with Crippen molar-refractivity contribution in [3.63, 3.8) is 0 Å². The van der Waals surface area contributed by atoms with Crippen molar-refractivity contribution in [2.75, 3.05) is 25.5 Å². The average Bonchev–Trinajstić information content (AvgIpc) is 2.76. The molecule has 1 aliphatic heterocycles. The predicted molar refractivity (Wildman–Crippen MR) is 74.4 cm³/mol. The Morgan fingerprint density at radius 2 is 2.15 bits per heavy atom. The van der Waals surface area contributed by atoms with Crippen LogP contribution in [0.5, 0.6) is 0 Å². The van der Waals surface area contributed by atoms with E-state index >= 15 is 0 Å². The summed E-state index contributed by atoms with van der Waals surface area (Å²) in [6, 6.07) is 5.09. The molecule has 1 aliphatic rings. The Hall–Kier alpha value is -2.37. The van der Waals surface area contributed by atoms with E-state index < -0.39 is 0 Å². The molecule has 6 heteroatoms. The normalized spacial score (nSPS) is 12.6. The van der Waals surface area contributed by atoms with Crippen LogP contribution in [0.2, 0.25) is 0 Å². The van der Waals surface area contributed by atoms with Crippen LogP contribution in [0.3, 0.4) is 0 Å². The molecule has 0 aromatic heterocycles. The summed E-state index contributed by atoms with van der Waals surface area (Å²) in [5.41, 5.74) is 2.02. The molecule has 6 nitrogen and oxygen atoms in total. The van der Waals surface area contributed by atoms with Crippen molar-refractivity contribution in [1.82, 2.24) is 10.2 Å². The maximum atomic E-state index is 12.2. The van der Waals surface area contributed by atoms with E-state index in [0.717, 1.165) is 5.56 Å². The van der Waals surface area contributed by atoms with Gasteiger partial charge in [-0.05, 0) is 24.6 Å². The Morgan fingerprint density at radius 3 is 2.85 bits per heavy atom. The Labute approximate surface area is 117 Å². The van der Waals surface area contributed by atoms with Crippen LogP contribution in [0.15, 0.2) is 18.2 Å². The fourth-order valence-corrected chi connectivity index (χ4v) is 2.11. The molecular formula is C14H17N3O3. The zero-order chi connectivity index (χ0) is 14.7. The van der Waals surface area contributed by atoms with E-state index in [1.807, 2.05) is 6.92 Å². The number of fused-ring (bicyclic) bond motifs is 1. The first-order valence-corrected chi connectivity index (χ1v) is 6.46. The molecule has 2 N–H and O–H groups in total. The third kappa shape index (κ3) is 2.96. The molecule has 0 bridgehead atoms. The second kappa shape index (κ2) is 5.73. The van der Waals surface area contributed by atoms with Gasteiger partial charge in [0.05, 0.1) is 13.0 Å². The molecule has 3 amide bonds. The highest BCUT2D eigenvalue weighted by atomic mass is 16.2. The second-order valence-corrected chi connectivity index (χ2v) is 4.71. The Morgan fingerprint density at radius 1 is 1.40 bits per heavy atom. The van der Waals surface area contributed by atoms with Gasteiger partial charge in [-0.3, -0.25) is 14.4 Å². The molecule has 20 heavy (non-hydrogen) atoms. The lowest BCUT2D eigenvalue weighted by Crippen LogP contribution is -2.38. The number of carbonyl (C=O) groups excluding carboxylic acids is 3. The molecule has 0 saturated heterocycles. The molecule has 0 radical (unpaired) electrons. The molecule has 106 valence electrons. The maximum Gasteiger partial charge on any atom is 0.254 e. The van der Waals surface area contributed by atoms with Crippen molar-refractivity contribution in [2.45, 2.75) is 13.3 Å². The Bertz CT molecular complexity index is 569. The SMILES string of the molecule is CCNC(=O)CN(C)C(=O)c1ccc2c(c1)NC(=O)C2. The van der Waals surface area contributed by atoms with Gasteiger partial charge in [0.2, 0.25) is 11.8 Å². The first kappa shape index (κ1) is 14.0. The van der Waals surface area contributed by atoms with Crippen molar-refractivity contribution in [3.05, 3.63) is 29.3 Å². The number of rotatable bonds is 4. The van der Waals surface area contributed by atoms with E-state index in [0.29, 0.717) is 24.2 Å². The van der Waals surface area contributed by atoms with Crippen LogP contribution in [0.25, 0.3) is 0 Å². The van der Waals surface area contributed by atoms with Gasteiger partial charge in [-0.2, -0.15) is 0 Å². The summed E-state index contributed by atoms with van der Waals surface area (Å²) in [5.74, 6) is -0.515. The molecule has 1 aromatic rings. The average molecular weight is 275 g/mol. The highest BCUT2D eigenvalue weighted by Crippen LogP contribution is 2.24. The van der Waals surface area contributed by atoms with Crippen molar-refractivity contribution < 1.29 is 14.4 Å². The lowest BCUT2D eigenvalue weighted by atomic mass is 10.1. The number of amides is 3.